The zero-order valence-corrected chi connectivity index (χ0v) is 11.4. The molecule has 0 amide bonds. The molecule has 1 atom stereocenters. The smallest absolute Gasteiger partial charge is 0.120 e. The summed E-state index contributed by atoms with van der Waals surface area (Å²) in [6.07, 6.45) is 1.01. The van der Waals surface area contributed by atoms with Gasteiger partial charge in [0.2, 0.25) is 0 Å². The molecule has 0 aromatic heterocycles. The number of ether oxygens (including phenoxy) is 1. The zero-order chi connectivity index (χ0) is 13.1. The highest BCUT2D eigenvalue weighted by atomic mass is 35.5. The summed E-state index contributed by atoms with van der Waals surface area (Å²) in [6.45, 7) is 1.58. The number of benzene rings is 2. The van der Waals surface area contributed by atoms with E-state index in [1.807, 2.05) is 24.3 Å². The van der Waals surface area contributed by atoms with Crippen molar-refractivity contribution in [3.63, 3.8) is 0 Å². The molecule has 2 aromatic carbocycles. The number of hydrogen-bond donors (Lipinski definition) is 1. The fourth-order valence-corrected chi connectivity index (χ4v) is 2.57. The van der Waals surface area contributed by atoms with Gasteiger partial charge in [0.05, 0.1) is 0 Å². The fraction of sp³-hybridized carbons (Fsp3) is 0.250. The normalized spacial score (nSPS) is 17.8. The largest absolute Gasteiger partial charge is 0.492 e. The molecule has 2 aromatic rings. The maximum atomic E-state index is 5.94. The van der Waals surface area contributed by atoms with Crippen LogP contribution in [0.1, 0.15) is 11.1 Å². The van der Waals surface area contributed by atoms with E-state index in [4.69, 9.17) is 16.3 Å². The molecule has 1 aliphatic rings. The Kier molecular flexibility index (Phi) is 3.72. The summed E-state index contributed by atoms with van der Waals surface area (Å²) in [5.41, 5.74) is 2.81. The predicted molar refractivity (Wildman–Crippen MR) is 77.7 cm³/mol. The third kappa shape index (κ3) is 3.09. The molecule has 0 radical (unpaired) electrons. The molecular weight excluding hydrogens is 258 g/mol. The molecule has 0 aliphatic carbocycles. The molecule has 1 unspecified atom stereocenters. The van der Waals surface area contributed by atoms with E-state index in [1.165, 1.54) is 11.1 Å². The minimum absolute atomic E-state index is 0.355. The Morgan fingerprint density at radius 2 is 1.95 bits per heavy atom. The SMILES string of the molecule is Clc1cccc(OCC2Cc3ccccc3CN2)c1. The number of nitrogens with one attached hydrogen (secondary N) is 1. The fourth-order valence-electron chi connectivity index (χ4n) is 2.39. The maximum absolute atomic E-state index is 5.94. The van der Waals surface area contributed by atoms with Gasteiger partial charge in [0.25, 0.3) is 0 Å². The van der Waals surface area contributed by atoms with Crippen molar-refractivity contribution < 1.29 is 4.74 Å². The van der Waals surface area contributed by atoms with Crippen molar-refractivity contribution in [1.82, 2.24) is 5.32 Å². The first-order valence-corrected chi connectivity index (χ1v) is 6.87. The van der Waals surface area contributed by atoms with Gasteiger partial charge in [-0.3, -0.25) is 0 Å². The topological polar surface area (TPSA) is 21.3 Å². The van der Waals surface area contributed by atoms with Crippen LogP contribution in [0, 0.1) is 0 Å². The van der Waals surface area contributed by atoms with E-state index in [2.05, 4.69) is 29.6 Å². The molecule has 1 N–H and O–H groups in total. The van der Waals surface area contributed by atoms with E-state index in [0.29, 0.717) is 17.7 Å². The first-order valence-electron chi connectivity index (χ1n) is 6.50. The second-order valence-electron chi connectivity index (χ2n) is 4.82. The van der Waals surface area contributed by atoms with Crippen LogP contribution in [0.15, 0.2) is 48.5 Å². The Hall–Kier alpha value is -1.51. The highest BCUT2D eigenvalue weighted by molar-refractivity contribution is 6.30. The third-order valence-electron chi connectivity index (χ3n) is 3.41. The first-order chi connectivity index (χ1) is 9.31. The highest BCUT2D eigenvalue weighted by Crippen LogP contribution is 2.19. The van der Waals surface area contributed by atoms with Crippen molar-refractivity contribution in [2.75, 3.05) is 6.61 Å². The van der Waals surface area contributed by atoms with Gasteiger partial charge in [0.15, 0.2) is 0 Å². The molecule has 0 spiro atoms. The van der Waals surface area contributed by atoms with Gasteiger partial charge in [-0.15, -0.1) is 0 Å². The second kappa shape index (κ2) is 5.64. The molecule has 0 saturated heterocycles. The Morgan fingerprint density at radius 3 is 2.79 bits per heavy atom. The molecule has 0 saturated carbocycles. The van der Waals surface area contributed by atoms with Gasteiger partial charge in [-0.25, -0.2) is 0 Å². The summed E-state index contributed by atoms with van der Waals surface area (Å²) in [6, 6.07) is 16.4. The van der Waals surface area contributed by atoms with E-state index in [1.54, 1.807) is 0 Å². The van der Waals surface area contributed by atoms with Gasteiger partial charge in [-0.2, -0.15) is 0 Å². The monoisotopic (exact) mass is 273 g/mol. The number of fused-ring (bicyclic) bond motifs is 1. The maximum Gasteiger partial charge on any atom is 0.120 e. The van der Waals surface area contributed by atoms with Crippen LogP contribution in [-0.2, 0) is 13.0 Å². The van der Waals surface area contributed by atoms with Crippen LogP contribution in [0.3, 0.4) is 0 Å². The molecule has 1 aliphatic heterocycles. The Labute approximate surface area is 118 Å². The van der Waals surface area contributed by atoms with Crippen molar-refractivity contribution in [2.24, 2.45) is 0 Å². The average molecular weight is 274 g/mol. The van der Waals surface area contributed by atoms with E-state index in [-0.39, 0.29) is 0 Å². The number of rotatable bonds is 3. The summed E-state index contributed by atoms with van der Waals surface area (Å²) in [5, 5.41) is 4.21. The third-order valence-corrected chi connectivity index (χ3v) is 3.65. The van der Waals surface area contributed by atoms with E-state index in [9.17, 15) is 0 Å². The molecule has 98 valence electrons. The van der Waals surface area contributed by atoms with Crippen LogP contribution in [0.2, 0.25) is 5.02 Å². The molecular formula is C16H16ClNO. The van der Waals surface area contributed by atoms with Gasteiger partial charge < -0.3 is 10.1 Å². The van der Waals surface area contributed by atoms with Crippen molar-refractivity contribution in [3.05, 3.63) is 64.7 Å². The molecule has 2 nitrogen and oxygen atoms in total. The highest BCUT2D eigenvalue weighted by Gasteiger charge is 2.17. The Balaban J connectivity index is 1.61. The quantitative estimate of drug-likeness (QED) is 0.925. The second-order valence-corrected chi connectivity index (χ2v) is 5.26. The predicted octanol–water partition coefficient (Wildman–Crippen LogP) is 3.43. The Morgan fingerprint density at radius 1 is 1.11 bits per heavy atom. The molecule has 1 heterocycles. The Bertz CT molecular complexity index is 570. The van der Waals surface area contributed by atoms with Crippen molar-refractivity contribution >= 4 is 11.6 Å². The molecule has 19 heavy (non-hydrogen) atoms. The van der Waals surface area contributed by atoms with Gasteiger partial charge >= 0.3 is 0 Å². The molecule has 0 bridgehead atoms. The number of hydrogen-bond acceptors (Lipinski definition) is 2. The van der Waals surface area contributed by atoms with Crippen molar-refractivity contribution in [1.29, 1.82) is 0 Å². The summed E-state index contributed by atoms with van der Waals surface area (Å²) < 4.78 is 5.79. The average Bonchev–Trinajstić information content (AvgIpc) is 2.45. The first kappa shape index (κ1) is 12.5. The van der Waals surface area contributed by atoms with Crippen LogP contribution >= 0.6 is 11.6 Å². The lowest BCUT2D eigenvalue weighted by atomic mass is 9.96. The van der Waals surface area contributed by atoms with Gasteiger partial charge in [0.1, 0.15) is 12.4 Å². The summed E-state index contributed by atoms with van der Waals surface area (Å²) in [7, 11) is 0. The zero-order valence-electron chi connectivity index (χ0n) is 10.6. The summed E-state index contributed by atoms with van der Waals surface area (Å²) in [4.78, 5) is 0. The van der Waals surface area contributed by atoms with Gasteiger partial charge in [-0.1, -0.05) is 41.9 Å². The van der Waals surface area contributed by atoms with Crippen LogP contribution in [-0.4, -0.2) is 12.6 Å². The molecule has 3 rings (SSSR count). The summed E-state index contributed by atoms with van der Waals surface area (Å²) in [5.74, 6) is 0.827. The van der Waals surface area contributed by atoms with E-state index in [0.717, 1.165) is 18.7 Å². The van der Waals surface area contributed by atoms with Crippen LogP contribution in [0.5, 0.6) is 5.75 Å². The minimum atomic E-state index is 0.355. The van der Waals surface area contributed by atoms with Gasteiger partial charge in [-0.05, 0) is 35.7 Å². The number of halogens is 1. The van der Waals surface area contributed by atoms with Crippen molar-refractivity contribution in [2.45, 2.75) is 19.0 Å². The lowest BCUT2D eigenvalue weighted by Gasteiger charge is -2.26. The standard InChI is InChI=1S/C16H16ClNO/c17-14-6-3-7-16(9-14)19-11-15-8-12-4-1-2-5-13(12)10-18-15/h1-7,9,15,18H,8,10-11H2. The van der Waals surface area contributed by atoms with Crippen LogP contribution in [0.4, 0.5) is 0 Å². The summed E-state index contributed by atoms with van der Waals surface area (Å²) >= 11 is 5.94. The lowest BCUT2D eigenvalue weighted by Crippen LogP contribution is -2.39. The molecule has 3 heteroatoms. The van der Waals surface area contributed by atoms with E-state index < -0.39 is 0 Å². The van der Waals surface area contributed by atoms with E-state index >= 15 is 0 Å². The minimum Gasteiger partial charge on any atom is -0.492 e. The molecule has 0 fully saturated rings. The van der Waals surface area contributed by atoms with Gasteiger partial charge in [0, 0.05) is 17.6 Å². The van der Waals surface area contributed by atoms with Crippen LogP contribution < -0.4 is 10.1 Å². The van der Waals surface area contributed by atoms with Crippen molar-refractivity contribution in [3.8, 4) is 5.75 Å². The van der Waals surface area contributed by atoms with Crippen LogP contribution in [0.25, 0.3) is 0 Å². The lowest BCUT2D eigenvalue weighted by molar-refractivity contribution is 0.256.